The summed E-state index contributed by atoms with van der Waals surface area (Å²) in [6, 6.07) is 8.50. The fourth-order valence-electron chi connectivity index (χ4n) is 2.12. The average Bonchev–Trinajstić information content (AvgIpc) is 3.05. The van der Waals surface area contributed by atoms with Crippen molar-refractivity contribution in [2.24, 2.45) is 4.99 Å². The molecule has 0 saturated heterocycles. The van der Waals surface area contributed by atoms with E-state index in [2.05, 4.69) is 25.5 Å². The van der Waals surface area contributed by atoms with Crippen molar-refractivity contribution >= 4 is 5.96 Å². The number of guanidine groups is 1. The lowest BCUT2D eigenvalue weighted by molar-refractivity contribution is -0.0504. The Bertz CT molecular complexity index is 701. The Balaban J connectivity index is 1.90. The molecule has 2 rings (SSSR count). The molecule has 2 N–H and O–H groups in total. The van der Waals surface area contributed by atoms with Gasteiger partial charge in [0.25, 0.3) is 0 Å². The fraction of sp³-hybridized carbons (Fsp3) is 0.412. The maximum Gasteiger partial charge on any atom is 0.387 e. The standard InChI is InChI=1S/C17H22F2N4O2/c1-11(2)14-8-13(25-23-14)10-22-17(20-3)21-9-12-6-4-5-7-15(12)24-16(18)19/h4-8,11,16H,9-10H2,1-3H3,(H2,20,21,22). The molecule has 6 nitrogen and oxygen atoms in total. The van der Waals surface area contributed by atoms with E-state index in [0.717, 1.165) is 5.69 Å². The minimum absolute atomic E-state index is 0.136. The number of hydrogen-bond donors (Lipinski definition) is 2. The number of para-hydroxylation sites is 1. The number of hydrogen-bond acceptors (Lipinski definition) is 4. The van der Waals surface area contributed by atoms with Crippen molar-refractivity contribution in [2.45, 2.75) is 39.5 Å². The van der Waals surface area contributed by atoms with E-state index in [1.54, 1.807) is 25.2 Å². The number of alkyl halides is 2. The number of rotatable bonds is 7. The molecule has 0 saturated carbocycles. The van der Waals surface area contributed by atoms with Crippen LogP contribution in [0.2, 0.25) is 0 Å². The van der Waals surface area contributed by atoms with E-state index in [4.69, 9.17) is 4.52 Å². The van der Waals surface area contributed by atoms with Gasteiger partial charge in [-0.25, -0.2) is 0 Å². The normalized spacial score (nSPS) is 11.9. The predicted octanol–water partition coefficient (Wildman–Crippen LogP) is 3.26. The number of nitrogens with one attached hydrogen (secondary N) is 2. The molecule has 1 aromatic heterocycles. The van der Waals surface area contributed by atoms with Crippen LogP contribution in [0, 0.1) is 0 Å². The van der Waals surface area contributed by atoms with E-state index in [1.807, 2.05) is 19.9 Å². The maximum atomic E-state index is 12.4. The Morgan fingerprint density at radius 2 is 1.96 bits per heavy atom. The number of aromatic nitrogens is 1. The minimum atomic E-state index is -2.86. The van der Waals surface area contributed by atoms with Crippen molar-refractivity contribution in [3.05, 3.63) is 47.3 Å². The highest BCUT2D eigenvalue weighted by molar-refractivity contribution is 5.79. The third kappa shape index (κ3) is 5.74. The largest absolute Gasteiger partial charge is 0.434 e. The van der Waals surface area contributed by atoms with Gasteiger partial charge < -0.3 is 19.9 Å². The Hall–Kier alpha value is -2.64. The van der Waals surface area contributed by atoms with Crippen LogP contribution in [-0.4, -0.2) is 24.8 Å². The highest BCUT2D eigenvalue weighted by Crippen LogP contribution is 2.20. The molecule has 0 aliphatic rings. The van der Waals surface area contributed by atoms with Gasteiger partial charge in [-0.15, -0.1) is 0 Å². The Labute approximate surface area is 145 Å². The van der Waals surface area contributed by atoms with Crippen molar-refractivity contribution in [3.63, 3.8) is 0 Å². The SMILES string of the molecule is CN=C(NCc1cc(C(C)C)no1)NCc1ccccc1OC(F)F. The smallest absolute Gasteiger partial charge is 0.387 e. The lowest BCUT2D eigenvalue weighted by atomic mass is 10.1. The lowest BCUT2D eigenvalue weighted by Gasteiger charge is -2.13. The Morgan fingerprint density at radius 1 is 1.24 bits per heavy atom. The number of aliphatic imine (C=N–C) groups is 1. The molecule has 0 atom stereocenters. The van der Waals surface area contributed by atoms with Crippen LogP contribution in [0.3, 0.4) is 0 Å². The maximum absolute atomic E-state index is 12.4. The summed E-state index contributed by atoms with van der Waals surface area (Å²) in [7, 11) is 1.62. The number of ether oxygens (including phenoxy) is 1. The summed E-state index contributed by atoms with van der Waals surface area (Å²) >= 11 is 0. The summed E-state index contributed by atoms with van der Waals surface area (Å²) in [5, 5.41) is 10.1. The van der Waals surface area contributed by atoms with Gasteiger partial charge in [0.1, 0.15) is 5.75 Å². The van der Waals surface area contributed by atoms with Gasteiger partial charge in [-0.2, -0.15) is 8.78 Å². The van der Waals surface area contributed by atoms with Crippen molar-refractivity contribution in [2.75, 3.05) is 7.05 Å². The molecule has 0 amide bonds. The average molecular weight is 352 g/mol. The Kier molecular flexibility index (Phi) is 6.73. The van der Waals surface area contributed by atoms with Gasteiger partial charge in [0, 0.05) is 25.2 Å². The van der Waals surface area contributed by atoms with Crippen LogP contribution in [0.15, 0.2) is 39.8 Å². The first-order valence-electron chi connectivity index (χ1n) is 7.92. The van der Waals surface area contributed by atoms with E-state index in [9.17, 15) is 8.78 Å². The van der Waals surface area contributed by atoms with Crippen molar-refractivity contribution in [1.29, 1.82) is 0 Å². The van der Waals surface area contributed by atoms with E-state index >= 15 is 0 Å². The molecule has 0 fully saturated rings. The molecular weight excluding hydrogens is 330 g/mol. The van der Waals surface area contributed by atoms with Crippen molar-refractivity contribution in [3.8, 4) is 5.75 Å². The van der Waals surface area contributed by atoms with Crippen molar-refractivity contribution < 1.29 is 18.0 Å². The fourth-order valence-corrected chi connectivity index (χ4v) is 2.12. The molecule has 1 aromatic carbocycles. The summed E-state index contributed by atoms with van der Waals surface area (Å²) in [6.07, 6.45) is 0. The monoisotopic (exact) mass is 352 g/mol. The quantitative estimate of drug-likeness (QED) is 0.591. The first kappa shape index (κ1) is 18.7. The zero-order valence-corrected chi connectivity index (χ0v) is 14.4. The zero-order chi connectivity index (χ0) is 18.2. The van der Waals surface area contributed by atoms with E-state index in [-0.39, 0.29) is 12.3 Å². The molecule has 25 heavy (non-hydrogen) atoms. The van der Waals surface area contributed by atoms with Gasteiger partial charge in [0.2, 0.25) is 0 Å². The van der Waals surface area contributed by atoms with Gasteiger partial charge in [0.15, 0.2) is 11.7 Å². The molecule has 0 radical (unpaired) electrons. The summed E-state index contributed by atoms with van der Waals surface area (Å²) < 4.78 is 34.6. The first-order valence-corrected chi connectivity index (χ1v) is 7.92. The molecule has 0 aliphatic carbocycles. The molecule has 1 heterocycles. The van der Waals surface area contributed by atoms with Gasteiger partial charge in [-0.1, -0.05) is 37.2 Å². The molecule has 8 heteroatoms. The minimum Gasteiger partial charge on any atom is -0.434 e. The second-order valence-corrected chi connectivity index (χ2v) is 5.64. The summed E-state index contributed by atoms with van der Waals surface area (Å²) in [5.41, 5.74) is 1.49. The second kappa shape index (κ2) is 9.00. The summed E-state index contributed by atoms with van der Waals surface area (Å²) in [6.45, 7) is 1.91. The van der Waals surface area contributed by atoms with Crippen LogP contribution in [0.5, 0.6) is 5.75 Å². The van der Waals surface area contributed by atoms with Gasteiger partial charge in [0.05, 0.1) is 12.2 Å². The van der Waals surface area contributed by atoms with Crippen molar-refractivity contribution in [1.82, 2.24) is 15.8 Å². The predicted molar refractivity (Wildman–Crippen MR) is 90.7 cm³/mol. The molecule has 0 spiro atoms. The third-order valence-electron chi connectivity index (χ3n) is 3.46. The molecule has 0 aliphatic heterocycles. The van der Waals surface area contributed by atoms with Crippen LogP contribution in [0.25, 0.3) is 0 Å². The number of benzene rings is 1. The van der Waals surface area contributed by atoms with Crippen LogP contribution in [-0.2, 0) is 13.1 Å². The van der Waals surface area contributed by atoms with E-state index in [0.29, 0.717) is 29.7 Å². The molecule has 0 bridgehead atoms. The van der Waals surface area contributed by atoms with Gasteiger partial charge in [-0.05, 0) is 12.0 Å². The van der Waals surface area contributed by atoms with Gasteiger partial charge >= 0.3 is 6.61 Å². The van der Waals surface area contributed by atoms with Crippen LogP contribution in [0.1, 0.15) is 36.8 Å². The number of halogens is 2. The van der Waals surface area contributed by atoms with Crippen LogP contribution < -0.4 is 15.4 Å². The topological polar surface area (TPSA) is 71.7 Å². The summed E-state index contributed by atoms with van der Waals surface area (Å²) in [4.78, 5) is 4.09. The Morgan fingerprint density at radius 3 is 2.60 bits per heavy atom. The van der Waals surface area contributed by atoms with Crippen LogP contribution >= 0.6 is 0 Å². The zero-order valence-electron chi connectivity index (χ0n) is 14.4. The highest BCUT2D eigenvalue weighted by atomic mass is 19.3. The van der Waals surface area contributed by atoms with E-state index in [1.165, 1.54) is 6.07 Å². The molecule has 2 aromatic rings. The first-order chi connectivity index (χ1) is 12.0. The molecule has 136 valence electrons. The second-order valence-electron chi connectivity index (χ2n) is 5.64. The molecule has 0 unspecified atom stereocenters. The highest BCUT2D eigenvalue weighted by Gasteiger charge is 2.11. The lowest BCUT2D eigenvalue weighted by Crippen LogP contribution is -2.36. The van der Waals surface area contributed by atoms with E-state index < -0.39 is 6.61 Å². The molecular formula is C17H22F2N4O2. The third-order valence-corrected chi connectivity index (χ3v) is 3.46. The number of nitrogens with zero attached hydrogens (tertiary/aromatic N) is 2. The van der Waals surface area contributed by atoms with Crippen LogP contribution in [0.4, 0.5) is 8.78 Å². The van der Waals surface area contributed by atoms with Gasteiger partial charge in [-0.3, -0.25) is 4.99 Å². The summed E-state index contributed by atoms with van der Waals surface area (Å²) in [5.74, 6) is 1.63.